The van der Waals surface area contributed by atoms with Crippen LogP contribution in [-0.2, 0) is 20.6 Å². The Labute approximate surface area is 165 Å². The number of likely N-dealkylation sites (tertiary alicyclic amines) is 1. The molecule has 0 spiro atoms. The molecule has 0 N–H and O–H groups in total. The van der Waals surface area contributed by atoms with E-state index in [2.05, 4.69) is 0 Å². The number of carbonyl (C=O) groups is 3. The number of allylic oxidation sites excluding steroid dienone is 2. The van der Waals surface area contributed by atoms with Crippen LogP contribution < -0.4 is 4.90 Å². The van der Waals surface area contributed by atoms with Gasteiger partial charge in [0.1, 0.15) is 6.67 Å². The zero-order chi connectivity index (χ0) is 22.0. The van der Waals surface area contributed by atoms with Gasteiger partial charge in [-0.15, -0.1) is 0 Å². The summed E-state index contributed by atoms with van der Waals surface area (Å²) in [6.45, 7) is -1.11. The van der Waals surface area contributed by atoms with Gasteiger partial charge in [0, 0.05) is 5.69 Å². The highest BCUT2D eigenvalue weighted by Gasteiger charge is 2.60. The minimum absolute atomic E-state index is 0.0125. The highest BCUT2D eigenvalue weighted by Crippen LogP contribution is 2.52. The molecule has 1 saturated heterocycles. The van der Waals surface area contributed by atoms with E-state index in [1.165, 1.54) is 0 Å². The lowest BCUT2D eigenvalue weighted by atomic mass is 9.85. The van der Waals surface area contributed by atoms with E-state index < -0.39 is 59.8 Å². The molecule has 0 unspecified atom stereocenters. The topological polar surface area (TPSA) is 57.7 Å². The second-order valence-electron chi connectivity index (χ2n) is 7.52. The molecule has 1 saturated carbocycles. The first-order valence-corrected chi connectivity index (χ1v) is 8.99. The maximum Gasteiger partial charge on any atom is 0.471 e. The summed E-state index contributed by atoms with van der Waals surface area (Å²) in [7, 11) is 0. The van der Waals surface area contributed by atoms with Gasteiger partial charge in [0.2, 0.25) is 11.8 Å². The number of imide groups is 1. The molecule has 3 amide bonds. The van der Waals surface area contributed by atoms with Crippen LogP contribution in [0.15, 0.2) is 36.4 Å². The SMILES string of the molecule is O=C1[C@H]2[C@H](C(=O)N1CN(C(=O)C(F)(F)F)c1cccc(C(F)(F)F)c1)[C@H]1C=C[C@H]2C1. The molecule has 0 radical (unpaired) electrons. The van der Waals surface area contributed by atoms with Crippen LogP contribution in [0.25, 0.3) is 0 Å². The quantitative estimate of drug-likeness (QED) is 0.418. The van der Waals surface area contributed by atoms with Gasteiger partial charge in [-0.05, 0) is 36.5 Å². The minimum atomic E-state index is -5.42. The van der Waals surface area contributed by atoms with E-state index in [4.69, 9.17) is 0 Å². The third-order valence-electron chi connectivity index (χ3n) is 5.82. The van der Waals surface area contributed by atoms with Gasteiger partial charge in [-0.1, -0.05) is 18.2 Å². The van der Waals surface area contributed by atoms with E-state index in [0.29, 0.717) is 23.5 Å². The van der Waals surface area contributed by atoms with Gasteiger partial charge < -0.3 is 0 Å². The monoisotopic (exact) mass is 432 g/mol. The van der Waals surface area contributed by atoms with Crippen LogP contribution >= 0.6 is 0 Å². The minimum Gasteiger partial charge on any atom is -0.286 e. The van der Waals surface area contributed by atoms with Gasteiger partial charge >= 0.3 is 18.3 Å². The first kappa shape index (κ1) is 20.4. The molecule has 0 aromatic heterocycles. The number of anilines is 1. The van der Waals surface area contributed by atoms with Crippen molar-refractivity contribution in [2.24, 2.45) is 23.7 Å². The zero-order valence-corrected chi connectivity index (χ0v) is 15.1. The third-order valence-corrected chi connectivity index (χ3v) is 5.82. The van der Waals surface area contributed by atoms with Crippen LogP contribution in [0.1, 0.15) is 12.0 Å². The highest BCUT2D eigenvalue weighted by atomic mass is 19.4. The number of fused-ring (bicyclic) bond motifs is 5. The molecule has 2 aliphatic carbocycles. The lowest BCUT2D eigenvalue weighted by molar-refractivity contribution is -0.171. The van der Waals surface area contributed by atoms with Crippen LogP contribution in [0.5, 0.6) is 0 Å². The van der Waals surface area contributed by atoms with Crippen molar-refractivity contribution in [3.8, 4) is 0 Å². The number of alkyl halides is 6. The number of hydrogen-bond acceptors (Lipinski definition) is 3. The molecular weight excluding hydrogens is 418 g/mol. The van der Waals surface area contributed by atoms with Crippen LogP contribution in [0.2, 0.25) is 0 Å². The maximum atomic E-state index is 13.1. The Morgan fingerprint density at radius 3 is 2.07 bits per heavy atom. The molecule has 5 nitrogen and oxygen atoms in total. The molecule has 2 fully saturated rings. The van der Waals surface area contributed by atoms with Crippen LogP contribution in [0.4, 0.5) is 32.0 Å². The van der Waals surface area contributed by atoms with Crippen molar-refractivity contribution >= 4 is 23.4 Å². The van der Waals surface area contributed by atoms with Crippen molar-refractivity contribution in [2.45, 2.75) is 18.8 Å². The Morgan fingerprint density at radius 1 is 1.00 bits per heavy atom. The lowest BCUT2D eigenvalue weighted by Crippen LogP contribution is -2.49. The van der Waals surface area contributed by atoms with Crippen molar-refractivity contribution in [1.82, 2.24) is 4.90 Å². The Balaban J connectivity index is 1.68. The maximum absolute atomic E-state index is 13.1. The van der Waals surface area contributed by atoms with Gasteiger partial charge in [-0.25, -0.2) is 0 Å². The predicted octanol–water partition coefficient (Wildman–Crippen LogP) is 3.37. The zero-order valence-electron chi connectivity index (χ0n) is 15.1. The van der Waals surface area contributed by atoms with Gasteiger partial charge in [-0.2, -0.15) is 26.3 Å². The van der Waals surface area contributed by atoms with E-state index in [1.54, 1.807) is 12.2 Å². The molecule has 2 bridgehead atoms. The molecule has 1 aromatic rings. The summed E-state index contributed by atoms with van der Waals surface area (Å²) in [5, 5.41) is 0. The first-order valence-electron chi connectivity index (χ1n) is 8.99. The van der Waals surface area contributed by atoms with Crippen molar-refractivity contribution in [2.75, 3.05) is 11.6 Å². The number of halogens is 6. The average Bonchev–Trinajstić information content (AvgIpc) is 3.33. The van der Waals surface area contributed by atoms with E-state index in [0.717, 1.165) is 12.1 Å². The van der Waals surface area contributed by atoms with Crippen LogP contribution in [0.3, 0.4) is 0 Å². The predicted molar refractivity (Wildman–Crippen MR) is 89.4 cm³/mol. The molecule has 1 heterocycles. The standard InChI is InChI=1S/C19H14F6N2O3/c20-18(21,22)11-2-1-3-12(7-11)26(17(30)19(23,24)25)8-27-15(28)13-9-4-5-10(6-9)14(13)16(27)29/h1-5,7,9-10,13-14H,6,8H2/t9-,10-,13+,14+/m0/s1. The average molecular weight is 432 g/mol. The van der Waals surface area contributed by atoms with Crippen molar-refractivity contribution in [1.29, 1.82) is 0 Å². The largest absolute Gasteiger partial charge is 0.471 e. The van der Waals surface area contributed by atoms with Gasteiger partial charge in [0.15, 0.2) is 0 Å². The van der Waals surface area contributed by atoms with Gasteiger partial charge in [-0.3, -0.25) is 24.2 Å². The Kier molecular flexibility index (Phi) is 4.48. The van der Waals surface area contributed by atoms with E-state index >= 15 is 0 Å². The number of hydrogen-bond donors (Lipinski definition) is 0. The molecule has 11 heteroatoms. The van der Waals surface area contributed by atoms with Crippen molar-refractivity contribution < 1.29 is 40.7 Å². The van der Waals surface area contributed by atoms with Crippen LogP contribution in [-0.4, -0.2) is 35.5 Å². The number of benzene rings is 1. The summed E-state index contributed by atoms with van der Waals surface area (Å²) in [6, 6.07) is 2.75. The summed E-state index contributed by atoms with van der Waals surface area (Å²) in [5.41, 5.74) is -1.98. The van der Waals surface area contributed by atoms with Gasteiger partial charge in [0.05, 0.1) is 17.4 Å². The summed E-state index contributed by atoms with van der Waals surface area (Å²) in [6.07, 6.45) is -6.11. The molecule has 1 aliphatic heterocycles. The molecule has 3 aliphatic rings. The molecule has 4 rings (SSSR count). The van der Waals surface area contributed by atoms with Crippen LogP contribution in [0, 0.1) is 23.7 Å². The molecule has 30 heavy (non-hydrogen) atoms. The third kappa shape index (κ3) is 3.16. The summed E-state index contributed by atoms with van der Waals surface area (Å²) < 4.78 is 78.4. The fourth-order valence-electron chi connectivity index (χ4n) is 4.51. The number of amides is 3. The van der Waals surface area contributed by atoms with Gasteiger partial charge in [0.25, 0.3) is 0 Å². The fourth-order valence-corrected chi connectivity index (χ4v) is 4.51. The Hall–Kier alpha value is -2.85. The van der Waals surface area contributed by atoms with E-state index in [9.17, 15) is 40.7 Å². The number of carbonyl (C=O) groups excluding carboxylic acids is 3. The Bertz CT molecular complexity index is 924. The molecule has 1 aromatic carbocycles. The van der Waals surface area contributed by atoms with E-state index in [1.807, 2.05) is 0 Å². The smallest absolute Gasteiger partial charge is 0.286 e. The normalized spacial score (nSPS) is 27.7. The highest BCUT2D eigenvalue weighted by molar-refractivity contribution is 6.07. The number of rotatable bonds is 3. The lowest BCUT2D eigenvalue weighted by Gasteiger charge is -2.29. The first-order chi connectivity index (χ1) is 13.9. The van der Waals surface area contributed by atoms with Crippen molar-refractivity contribution in [3.63, 3.8) is 0 Å². The Morgan fingerprint density at radius 2 is 1.57 bits per heavy atom. The molecular formula is C19H14F6N2O3. The summed E-state index contributed by atoms with van der Waals surface area (Å²) in [4.78, 5) is 38.0. The van der Waals surface area contributed by atoms with Crippen molar-refractivity contribution in [3.05, 3.63) is 42.0 Å². The summed E-state index contributed by atoms with van der Waals surface area (Å²) >= 11 is 0. The summed E-state index contributed by atoms with van der Waals surface area (Å²) in [5.74, 6) is -5.74. The second kappa shape index (κ2) is 6.58. The molecule has 4 atom stereocenters. The number of nitrogens with zero attached hydrogens (tertiary/aromatic N) is 2. The second-order valence-corrected chi connectivity index (χ2v) is 7.52. The fraction of sp³-hybridized carbons (Fsp3) is 0.421. The van der Waals surface area contributed by atoms with E-state index in [-0.39, 0.29) is 16.7 Å². The molecule has 160 valence electrons.